The van der Waals surface area contributed by atoms with Crippen molar-refractivity contribution in [3.05, 3.63) is 62.3 Å². The summed E-state index contributed by atoms with van der Waals surface area (Å²) >= 11 is 3.14. The molecule has 0 aliphatic rings. The summed E-state index contributed by atoms with van der Waals surface area (Å²) in [5.41, 5.74) is 3.16. The number of nitrogens with zero attached hydrogens (tertiary/aromatic N) is 3. The molecule has 3 aromatic heterocycles. The van der Waals surface area contributed by atoms with E-state index in [4.69, 9.17) is 4.52 Å². The van der Waals surface area contributed by atoms with Gasteiger partial charge in [0.2, 0.25) is 11.7 Å². The Morgan fingerprint density at radius 1 is 1.14 bits per heavy atom. The largest absolute Gasteiger partial charge is 0.338 e. The zero-order valence-electron chi connectivity index (χ0n) is 15.9. The van der Waals surface area contributed by atoms with Gasteiger partial charge >= 0.3 is 0 Å². The lowest BCUT2D eigenvalue weighted by atomic mass is 10.1. The molecule has 0 fully saturated rings. The van der Waals surface area contributed by atoms with Crippen LogP contribution in [0.15, 0.2) is 33.6 Å². The van der Waals surface area contributed by atoms with E-state index in [1.165, 1.54) is 5.56 Å². The van der Waals surface area contributed by atoms with Crippen LogP contribution in [-0.4, -0.2) is 20.1 Å². The second-order valence-corrected chi connectivity index (χ2v) is 8.72. The summed E-state index contributed by atoms with van der Waals surface area (Å²) in [5, 5.41) is 4.76. The van der Waals surface area contributed by atoms with Gasteiger partial charge in [-0.15, -0.1) is 23.1 Å². The van der Waals surface area contributed by atoms with Gasteiger partial charge in [0, 0.05) is 10.4 Å². The zero-order chi connectivity index (χ0) is 19.7. The first kappa shape index (κ1) is 18.9. The molecule has 8 heteroatoms. The third-order valence-electron chi connectivity index (χ3n) is 4.64. The van der Waals surface area contributed by atoms with Gasteiger partial charge in [-0.05, 0) is 31.4 Å². The molecule has 28 heavy (non-hydrogen) atoms. The summed E-state index contributed by atoms with van der Waals surface area (Å²) in [6.45, 7) is 6.10. The molecule has 0 unspecified atom stereocenters. The van der Waals surface area contributed by atoms with Crippen molar-refractivity contribution in [1.29, 1.82) is 0 Å². The van der Waals surface area contributed by atoms with E-state index in [1.807, 2.05) is 26.0 Å². The van der Waals surface area contributed by atoms with Crippen LogP contribution in [-0.2, 0) is 17.9 Å². The Labute approximate surface area is 170 Å². The quantitative estimate of drug-likeness (QED) is 0.496. The van der Waals surface area contributed by atoms with E-state index in [0.717, 1.165) is 27.3 Å². The van der Waals surface area contributed by atoms with Crippen molar-refractivity contribution in [2.45, 2.75) is 38.7 Å². The predicted molar refractivity (Wildman–Crippen MR) is 114 cm³/mol. The third kappa shape index (κ3) is 3.74. The number of benzene rings is 1. The molecule has 0 atom stereocenters. The summed E-state index contributed by atoms with van der Waals surface area (Å²) < 4.78 is 5.35. The van der Waals surface area contributed by atoms with Gasteiger partial charge in [0.1, 0.15) is 10.7 Å². The average molecular weight is 413 g/mol. The maximum atomic E-state index is 12.3. The highest BCUT2D eigenvalue weighted by Crippen LogP contribution is 2.26. The molecule has 144 valence electrons. The highest BCUT2D eigenvalue weighted by molar-refractivity contribution is 7.97. The lowest BCUT2D eigenvalue weighted by Gasteiger charge is -2.00. The van der Waals surface area contributed by atoms with Crippen molar-refractivity contribution >= 4 is 33.3 Å². The van der Waals surface area contributed by atoms with E-state index in [1.54, 1.807) is 23.1 Å². The fourth-order valence-electron chi connectivity index (χ4n) is 2.92. The van der Waals surface area contributed by atoms with E-state index in [2.05, 4.69) is 39.2 Å². The minimum Gasteiger partial charge on any atom is -0.338 e. The monoisotopic (exact) mass is 412 g/mol. The summed E-state index contributed by atoms with van der Waals surface area (Å²) in [7, 11) is 0. The third-order valence-corrected chi connectivity index (χ3v) is 6.67. The molecule has 1 N–H and O–H groups in total. The molecule has 0 saturated carbocycles. The molecular formula is C20H20N4O2S2. The minimum atomic E-state index is -0.0712. The smallest absolute Gasteiger partial charge is 0.259 e. The van der Waals surface area contributed by atoms with Gasteiger partial charge in [-0.25, -0.2) is 4.98 Å². The molecule has 0 aliphatic carbocycles. The fourth-order valence-corrected chi connectivity index (χ4v) is 4.70. The van der Waals surface area contributed by atoms with Crippen LogP contribution in [0.3, 0.4) is 0 Å². The van der Waals surface area contributed by atoms with Crippen molar-refractivity contribution in [2.75, 3.05) is 0 Å². The first-order chi connectivity index (χ1) is 13.5. The Hall–Kier alpha value is -2.45. The summed E-state index contributed by atoms with van der Waals surface area (Å²) in [6.07, 6.45) is 1.00. The number of hydrogen-bond donors (Lipinski definition) is 1. The van der Waals surface area contributed by atoms with Crippen LogP contribution in [0.2, 0.25) is 0 Å². The number of rotatable bonds is 6. The van der Waals surface area contributed by atoms with E-state index < -0.39 is 0 Å². The Morgan fingerprint density at radius 2 is 1.93 bits per heavy atom. The van der Waals surface area contributed by atoms with Crippen molar-refractivity contribution in [3.63, 3.8) is 0 Å². The summed E-state index contributed by atoms with van der Waals surface area (Å²) in [5.74, 6) is 2.95. The van der Waals surface area contributed by atoms with Gasteiger partial charge < -0.3 is 9.51 Å². The van der Waals surface area contributed by atoms with Crippen LogP contribution < -0.4 is 5.56 Å². The molecular weight excluding hydrogens is 392 g/mol. The Kier molecular flexibility index (Phi) is 5.32. The van der Waals surface area contributed by atoms with Gasteiger partial charge in [-0.1, -0.05) is 36.3 Å². The first-order valence-corrected chi connectivity index (χ1v) is 11.0. The van der Waals surface area contributed by atoms with E-state index in [0.29, 0.717) is 34.4 Å². The van der Waals surface area contributed by atoms with Crippen LogP contribution >= 0.6 is 23.1 Å². The van der Waals surface area contributed by atoms with E-state index in [9.17, 15) is 4.79 Å². The number of aryl methyl sites for hydroxylation is 3. The average Bonchev–Trinajstić information content (AvgIpc) is 3.27. The topological polar surface area (TPSA) is 84.7 Å². The Morgan fingerprint density at radius 3 is 2.68 bits per heavy atom. The van der Waals surface area contributed by atoms with E-state index >= 15 is 0 Å². The molecule has 0 bridgehead atoms. The highest BCUT2D eigenvalue weighted by atomic mass is 32.2. The van der Waals surface area contributed by atoms with E-state index in [-0.39, 0.29) is 5.56 Å². The molecule has 0 spiro atoms. The molecule has 4 rings (SSSR count). The maximum Gasteiger partial charge on any atom is 0.259 e. The standard InChI is InChI=1S/C20H20N4O2S2/c1-4-13-5-7-14(8-6-13)18-23-16(26-24-18)10-27-9-15-21-19(25)17-11(2)12(3)28-20(17)22-15/h5-8H,4,9-10H2,1-3H3,(H,21,22,25). The number of thioether (sulfide) groups is 1. The Bertz CT molecular complexity index is 1180. The minimum absolute atomic E-state index is 0.0712. The van der Waals surface area contributed by atoms with Crippen LogP contribution in [0.1, 0.15) is 34.6 Å². The van der Waals surface area contributed by atoms with Crippen LogP contribution in [0.5, 0.6) is 0 Å². The van der Waals surface area contributed by atoms with Gasteiger partial charge in [0.15, 0.2) is 0 Å². The number of nitrogens with one attached hydrogen (secondary N) is 1. The van der Waals surface area contributed by atoms with Crippen molar-refractivity contribution in [1.82, 2.24) is 20.1 Å². The maximum absolute atomic E-state index is 12.3. The van der Waals surface area contributed by atoms with Gasteiger partial charge in [0.25, 0.3) is 5.56 Å². The molecule has 0 aliphatic heterocycles. The molecule has 3 heterocycles. The molecule has 4 aromatic rings. The molecule has 1 aromatic carbocycles. The van der Waals surface area contributed by atoms with Gasteiger partial charge in [-0.3, -0.25) is 4.79 Å². The van der Waals surface area contributed by atoms with Crippen molar-refractivity contribution in [3.8, 4) is 11.4 Å². The predicted octanol–water partition coefficient (Wildman–Crippen LogP) is 4.65. The van der Waals surface area contributed by atoms with Crippen LogP contribution in [0.25, 0.3) is 21.6 Å². The molecule has 0 saturated heterocycles. The number of H-pyrrole nitrogens is 1. The summed E-state index contributed by atoms with van der Waals surface area (Å²) in [4.78, 5) is 26.2. The SMILES string of the molecule is CCc1ccc(-c2noc(CSCc3nc4sc(C)c(C)c4c(=O)[nH]3)n2)cc1. The fraction of sp³-hybridized carbons (Fsp3) is 0.300. The normalized spacial score (nSPS) is 11.4. The van der Waals surface area contributed by atoms with Crippen molar-refractivity contribution in [2.24, 2.45) is 0 Å². The Balaban J connectivity index is 1.42. The first-order valence-electron chi connectivity index (χ1n) is 9.03. The van der Waals surface area contributed by atoms with Gasteiger partial charge in [0.05, 0.1) is 16.9 Å². The molecule has 0 amide bonds. The second kappa shape index (κ2) is 7.89. The number of aromatic amines is 1. The highest BCUT2D eigenvalue weighted by Gasteiger charge is 2.13. The molecule has 0 radical (unpaired) electrons. The number of thiophene rings is 1. The number of hydrogen-bond acceptors (Lipinski definition) is 7. The van der Waals surface area contributed by atoms with Crippen molar-refractivity contribution < 1.29 is 4.52 Å². The number of aromatic nitrogens is 4. The van der Waals surface area contributed by atoms with Crippen LogP contribution in [0.4, 0.5) is 0 Å². The zero-order valence-corrected chi connectivity index (χ0v) is 17.5. The lowest BCUT2D eigenvalue weighted by Crippen LogP contribution is -2.10. The number of fused-ring (bicyclic) bond motifs is 1. The van der Waals surface area contributed by atoms with Crippen LogP contribution in [0, 0.1) is 13.8 Å². The molecule has 6 nitrogen and oxygen atoms in total. The second-order valence-electron chi connectivity index (χ2n) is 6.53. The lowest BCUT2D eigenvalue weighted by molar-refractivity contribution is 0.391. The summed E-state index contributed by atoms with van der Waals surface area (Å²) in [6, 6.07) is 8.17. The van der Waals surface area contributed by atoms with Gasteiger partial charge in [-0.2, -0.15) is 4.98 Å².